The minimum Gasteiger partial charge on any atom is -0.480 e. The first-order valence-electron chi connectivity index (χ1n) is 7.83. The van der Waals surface area contributed by atoms with Crippen molar-refractivity contribution in [3.8, 4) is 0 Å². The van der Waals surface area contributed by atoms with Crippen LogP contribution < -0.4 is 5.32 Å². The Morgan fingerprint density at radius 2 is 2.09 bits per heavy atom. The first kappa shape index (κ1) is 17.2. The van der Waals surface area contributed by atoms with E-state index in [0.717, 1.165) is 29.1 Å². The van der Waals surface area contributed by atoms with E-state index in [9.17, 15) is 19.2 Å². The molecule has 0 aromatic heterocycles. The number of nitrogens with one attached hydrogen (secondary N) is 1. The van der Waals surface area contributed by atoms with Crippen LogP contribution in [0, 0.1) is 5.92 Å². The van der Waals surface area contributed by atoms with Gasteiger partial charge in [0, 0.05) is 7.05 Å². The van der Waals surface area contributed by atoms with Crippen molar-refractivity contribution in [3.05, 3.63) is 0 Å². The summed E-state index contributed by atoms with van der Waals surface area (Å²) in [4.78, 5) is 50.0. The highest BCUT2D eigenvalue weighted by Crippen LogP contribution is 2.38. The fourth-order valence-electron chi connectivity index (χ4n) is 3.27. The number of carbonyl (C=O) groups excluding carboxylic acids is 3. The molecule has 23 heavy (non-hydrogen) atoms. The normalized spacial score (nSPS) is 28.7. The van der Waals surface area contributed by atoms with Crippen LogP contribution in [-0.2, 0) is 14.4 Å². The van der Waals surface area contributed by atoms with Crippen LogP contribution in [0.15, 0.2) is 0 Å². The zero-order valence-corrected chi connectivity index (χ0v) is 13.7. The number of likely N-dealkylation sites (N-methyl/N-ethyl adjacent to an activating group) is 1. The Morgan fingerprint density at radius 3 is 2.65 bits per heavy atom. The summed E-state index contributed by atoms with van der Waals surface area (Å²) in [6.07, 6.45) is 3.30. The zero-order chi connectivity index (χ0) is 17.4. The van der Waals surface area contributed by atoms with E-state index in [1.165, 1.54) is 14.0 Å². The first-order chi connectivity index (χ1) is 10.7. The predicted octanol–water partition coefficient (Wildman–Crippen LogP) is 0.419. The number of rotatable bonds is 4. The number of carboxylic acid groups (broad SMARTS) is 1. The molecule has 1 saturated heterocycles. The van der Waals surface area contributed by atoms with E-state index in [4.69, 9.17) is 5.11 Å². The third-order valence-corrected chi connectivity index (χ3v) is 5.13. The van der Waals surface area contributed by atoms with Gasteiger partial charge in [-0.05, 0) is 25.7 Å². The minimum atomic E-state index is -1.14. The van der Waals surface area contributed by atoms with E-state index in [0.29, 0.717) is 6.42 Å². The van der Waals surface area contributed by atoms with E-state index >= 15 is 0 Å². The Labute approximate surface area is 134 Å². The van der Waals surface area contributed by atoms with Crippen LogP contribution in [0.1, 0.15) is 39.5 Å². The van der Waals surface area contributed by atoms with Gasteiger partial charge in [0.05, 0.1) is 0 Å². The molecule has 3 atom stereocenters. The number of imide groups is 1. The Hall–Kier alpha value is -2.12. The van der Waals surface area contributed by atoms with E-state index in [-0.39, 0.29) is 11.8 Å². The van der Waals surface area contributed by atoms with Crippen molar-refractivity contribution in [1.29, 1.82) is 0 Å². The summed E-state index contributed by atoms with van der Waals surface area (Å²) in [6.45, 7) is 2.87. The minimum absolute atomic E-state index is 0.0171. The van der Waals surface area contributed by atoms with E-state index in [2.05, 4.69) is 5.32 Å². The molecule has 3 unspecified atom stereocenters. The summed E-state index contributed by atoms with van der Waals surface area (Å²) >= 11 is 0. The number of carbonyl (C=O) groups is 4. The molecule has 0 bridgehead atoms. The van der Waals surface area contributed by atoms with E-state index in [1.54, 1.807) is 0 Å². The molecule has 2 N–H and O–H groups in total. The maximum absolute atomic E-state index is 12.7. The molecule has 0 radical (unpaired) electrons. The summed E-state index contributed by atoms with van der Waals surface area (Å²) in [7, 11) is 1.35. The molecule has 1 saturated carbocycles. The lowest BCUT2D eigenvalue weighted by atomic mass is 9.73. The topological polar surface area (TPSA) is 107 Å². The zero-order valence-electron chi connectivity index (χ0n) is 13.7. The van der Waals surface area contributed by atoms with E-state index in [1.807, 2.05) is 6.92 Å². The van der Waals surface area contributed by atoms with Gasteiger partial charge < -0.3 is 15.3 Å². The van der Waals surface area contributed by atoms with Crippen LogP contribution in [0.4, 0.5) is 4.79 Å². The Kier molecular flexibility index (Phi) is 4.63. The van der Waals surface area contributed by atoms with Crippen LogP contribution in [0.5, 0.6) is 0 Å². The van der Waals surface area contributed by atoms with Gasteiger partial charge in [-0.15, -0.1) is 0 Å². The van der Waals surface area contributed by atoms with E-state index < -0.39 is 36.0 Å². The van der Waals surface area contributed by atoms with Gasteiger partial charge in [0.1, 0.15) is 18.1 Å². The fourth-order valence-corrected chi connectivity index (χ4v) is 3.27. The Bertz CT molecular complexity index is 549. The molecule has 8 nitrogen and oxygen atoms in total. The first-order valence-corrected chi connectivity index (χ1v) is 7.83. The lowest BCUT2D eigenvalue weighted by Crippen LogP contribution is -2.54. The highest BCUT2D eigenvalue weighted by molar-refractivity contribution is 6.09. The molecule has 128 valence electrons. The molecule has 1 aliphatic heterocycles. The Balaban J connectivity index is 2.12. The number of urea groups is 1. The third kappa shape index (κ3) is 2.89. The number of aliphatic carboxylic acids is 1. The summed E-state index contributed by atoms with van der Waals surface area (Å²) in [5.74, 6) is -2.08. The molecule has 1 heterocycles. The molecule has 8 heteroatoms. The van der Waals surface area contributed by atoms with Gasteiger partial charge in [0.15, 0.2) is 0 Å². The summed E-state index contributed by atoms with van der Waals surface area (Å²) < 4.78 is 0. The maximum Gasteiger partial charge on any atom is 0.326 e. The highest BCUT2D eigenvalue weighted by Gasteiger charge is 2.55. The van der Waals surface area contributed by atoms with Crippen LogP contribution in [0.25, 0.3) is 0 Å². The van der Waals surface area contributed by atoms with Gasteiger partial charge in [-0.1, -0.05) is 19.8 Å². The third-order valence-electron chi connectivity index (χ3n) is 5.13. The lowest BCUT2D eigenvalue weighted by molar-refractivity contribution is -0.149. The van der Waals surface area contributed by atoms with Crippen molar-refractivity contribution in [2.45, 2.75) is 51.1 Å². The highest BCUT2D eigenvalue weighted by atomic mass is 16.4. The molecule has 1 aliphatic carbocycles. The average molecular weight is 325 g/mol. The van der Waals surface area contributed by atoms with Crippen molar-refractivity contribution in [3.63, 3.8) is 0 Å². The van der Waals surface area contributed by atoms with Gasteiger partial charge in [0.2, 0.25) is 5.91 Å². The molecule has 2 aliphatic rings. The SMILES string of the molecule is CC(C(=O)O)N(C)C(=O)CN1C(=O)NC2(CCCCC2C)C1=O. The number of hydrogen-bond acceptors (Lipinski definition) is 4. The number of carboxylic acids is 1. The second-order valence-corrected chi connectivity index (χ2v) is 6.46. The van der Waals surface area contributed by atoms with Crippen LogP contribution in [0.3, 0.4) is 0 Å². The van der Waals surface area contributed by atoms with Crippen LogP contribution in [-0.4, -0.2) is 63.9 Å². The van der Waals surface area contributed by atoms with Crippen molar-refractivity contribution >= 4 is 23.8 Å². The number of nitrogens with zero attached hydrogens (tertiary/aromatic N) is 2. The molecule has 0 aromatic rings. The second kappa shape index (κ2) is 6.17. The number of hydrogen-bond donors (Lipinski definition) is 2. The second-order valence-electron chi connectivity index (χ2n) is 6.46. The molecule has 2 fully saturated rings. The molecule has 4 amide bonds. The summed E-state index contributed by atoms with van der Waals surface area (Å²) in [6, 6.07) is -1.60. The molecular formula is C15H23N3O5. The van der Waals surface area contributed by atoms with Crippen molar-refractivity contribution in [1.82, 2.24) is 15.1 Å². The summed E-state index contributed by atoms with van der Waals surface area (Å²) in [5.41, 5.74) is -0.910. The molecule has 2 rings (SSSR count). The molecule has 0 aromatic carbocycles. The molecular weight excluding hydrogens is 302 g/mol. The van der Waals surface area contributed by atoms with Crippen LogP contribution in [0.2, 0.25) is 0 Å². The average Bonchev–Trinajstić information content (AvgIpc) is 2.73. The predicted molar refractivity (Wildman–Crippen MR) is 80.5 cm³/mol. The number of amides is 4. The fraction of sp³-hybridized carbons (Fsp3) is 0.733. The van der Waals surface area contributed by atoms with Gasteiger partial charge >= 0.3 is 12.0 Å². The van der Waals surface area contributed by atoms with Gasteiger partial charge in [-0.25, -0.2) is 9.59 Å². The van der Waals surface area contributed by atoms with Gasteiger partial charge in [-0.3, -0.25) is 14.5 Å². The van der Waals surface area contributed by atoms with Gasteiger partial charge in [-0.2, -0.15) is 0 Å². The monoisotopic (exact) mass is 325 g/mol. The molecule has 1 spiro atoms. The quantitative estimate of drug-likeness (QED) is 0.728. The maximum atomic E-state index is 12.7. The van der Waals surface area contributed by atoms with Crippen molar-refractivity contribution in [2.24, 2.45) is 5.92 Å². The van der Waals surface area contributed by atoms with Crippen molar-refractivity contribution < 1.29 is 24.3 Å². The standard InChI is InChI=1S/C15H23N3O5/c1-9-6-4-5-7-15(9)13(22)18(14(23)16-15)8-11(19)17(3)10(2)12(20)21/h9-10H,4-8H2,1-3H3,(H,16,23)(H,20,21). The van der Waals surface area contributed by atoms with Crippen LogP contribution >= 0.6 is 0 Å². The Morgan fingerprint density at radius 1 is 1.43 bits per heavy atom. The summed E-state index contributed by atoms with van der Waals surface area (Å²) in [5, 5.41) is 11.7. The smallest absolute Gasteiger partial charge is 0.326 e. The lowest BCUT2D eigenvalue weighted by Gasteiger charge is -2.36. The van der Waals surface area contributed by atoms with Gasteiger partial charge in [0.25, 0.3) is 5.91 Å². The van der Waals surface area contributed by atoms with Crippen molar-refractivity contribution in [2.75, 3.05) is 13.6 Å². The largest absolute Gasteiger partial charge is 0.480 e.